The van der Waals surface area contributed by atoms with Crippen LogP contribution in [-0.4, -0.2) is 232 Å². The van der Waals surface area contributed by atoms with Crippen LogP contribution >= 0.6 is 0 Å². The van der Waals surface area contributed by atoms with Crippen molar-refractivity contribution in [2.24, 2.45) is 45.3 Å². The lowest BCUT2D eigenvalue weighted by atomic mass is 9.35. The first-order valence-corrected chi connectivity index (χ1v) is 27.3. The topological polar surface area (TPSA) is 357 Å². The Morgan fingerprint density at radius 3 is 1.69 bits per heavy atom. The van der Waals surface area contributed by atoms with Crippen molar-refractivity contribution < 1.29 is 109 Å². The molecule has 22 heteroatoms. The number of allylic oxidation sites excluding steroid dienone is 2. The number of aliphatic hydroxyl groups is 14. The minimum absolute atomic E-state index is 0.0508. The summed E-state index contributed by atoms with van der Waals surface area (Å²) < 4.78 is 48.9. The Bertz CT molecular complexity index is 1940. The lowest BCUT2D eigenvalue weighted by molar-refractivity contribution is -0.378. The molecule has 0 unspecified atom stereocenters. The van der Waals surface area contributed by atoms with E-state index in [4.69, 9.17) is 37.9 Å². The third-order valence-electron chi connectivity index (χ3n) is 20.5. The number of aliphatic hydroxyl groups excluding tert-OH is 14. The molecule has 8 fully saturated rings. The smallest absolute Gasteiger partial charge is 0.187 e. The molecule has 0 bridgehead atoms. The van der Waals surface area contributed by atoms with Crippen LogP contribution in [0.15, 0.2) is 11.6 Å². The van der Waals surface area contributed by atoms with E-state index in [-0.39, 0.29) is 34.5 Å². The van der Waals surface area contributed by atoms with Gasteiger partial charge in [-0.2, -0.15) is 0 Å². The minimum Gasteiger partial charge on any atom is -0.394 e. The van der Waals surface area contributed by atoms with Gasteiger partial charge >= 0.3 is 0 Å². The SMILES string of the molecule is CC(C)=CCC[C@](C)(O[C@@H]1O[C@H](CO[C@@H]2O[C@@H](CO)[C@H](O)[C@H]2O)[C@@H](O)[C@H](O)[C@H]1O)[C@H]1CC[C@]2(C)[C@H]1[C@H](O)C[C@@H]1[C@@]3(C)CC[C@H](O[C@@H]4O[C@H](CO)[C@@H](O)[C@H](O)[C@H]4O[C@@H]4O[C@H](CO)[C@@H](O)[C@H](O)[C@H]4O)C(C)(C)[C@@H]3CC[C@]12C. The number of hydrogen-bond acceptors (Lipinski definition) is 22. The maximum absolute atomic E-state index is 12.8. The number of hydrogen-bond donors (Lipinski definition) is 14. The molecule has 8 aliphatic rings. The van der Waals surface area contributed by atoms with Gasteiger partial charge in [-0.15, -0.1) is 0 Å². The molecular weight excluding hydrogens is 989 g/mol. The molecule has 0 aromatic carbocycles. The van der Waals surface area contributed by atoms with E-state index in [9.17, 15) is 71.5 Å². The van der Waals surface area contributed by atoms with Gasteiger partial charge < -0.3 is 109 Å². The van der Waals surface area contributed by atoms with Crippen molar-refractivity contribution in [2.45, 2.75) is 248 Å². The van der Waals surface area contributed by atoms with Crippen molar-refractivity contribution in [1.29, 1.82) is 0 Å². The second-order valence-corrected chi connectivity index (χ2v) is 25.3. The average Bonchev–Trinajstić information content (AvgIpc) is 3.89. The van der Waals surface area contributed by atoms with Crippen LogP contribution in [0.4, 0.5) is 0 Å². The van der Waals surface area contributed by atoms with E-state index in [1.54, 1.807) is 0 Å². The molecular formula is C53H90O22. The molecule has 4 aliphatic heterocycles. The first kappa shape index (κ1) is 60.0. The lowest BCUT2D eigenvalue weighted by Gasteiger charge is -2.71. The first-order valence-electron chi connectivity index (χ1n) is 27.3. The second-order valence-electron chi connectivity index (χ2n) is 25.3. The van der Waals surface area contributed by atoms with Gasteiger partial charge in [-0.25, -0.2) is 0 Å². The van der Waals surface area contributed by atoms with Gasteiger partial charge in [0.1, 0.15) is 91.6 Å². The predicted octanol–water partition coefficient (Wildman–Crippen LogP) is -1.56. The summed E-state index contributed by atoms with van der Waals surface area (Å²) in [5.74, 6) is -0.394. The van der Waals surface area contributed by atoms with E-state index in [1.807, 2.05) is 20.8 Å². The second kappa shape index (κ2) is 22.7. The molecule has 0 aromatic rings. The van der Waals surface area contributed by atoms with Gasteiger partial charge in [0.05, 0.1) is 44.2 Å². The molecule has 0 radical (unpaired) electrons. The molecule has 0 amide bonds. The summed E-state index contributed by atoms with van der Waals surface area (Å²) in [7, 11) is 0. The van der Waals surface area contributed by atoms with E-state index in [0.717, 1.165) is 24.8 Å². The fourth-order valence-electron chi connectivity index (χ4n) is 16.1. The van der Waals surface area contributed by atoms with E-state index < -0.39 is 172 Å². The largest absolute Gasteiger partial charge is 0.394 e. The molecule has 0 aromatic heterocycles. The molecule has 75 heavy (non-hydrogen) atoms. The summed E-state index contributed by atoms with van der Waals surface area (Å²) in [5.41, 5.74) is -1.47. The highest BCUT2D eigenvalue weighted by Crippen LogP contribution is 2.76. The number of fused-ring (bicyclic) bond motifs is 5. The van der Waals surface area contributed by atoms with E-state index >= 15 is 0 Å². The van der Waals surface area contributed by atoms with Crippen LogP contribution in [0.5, 0.6) is 0 Å². The summed E-state index contributed by atoms with van der Waals surface area (Å²) in [6, 6.07) is 0. The highest BCUT2D eigenvalue weighted by atomic mass is 16.8. The van der Waals surface area contributed by atoms with Crippen molar-refractivity contribution in [3.63, 3.8) is 0 Å². The summed E-state index contributed by atoms with van der Waals surface area (Å²) in [6.45, 7) is 14.9. The van der Waals surface area contributed by atoms with Gasteiger partial charge in [0.2, 0.25) is 0 Å². The number of ether oxygens (including phenoxy) is 8. The molecule has 8 rings (SSSR count). The zero-order valence-electron chi connectivity index (χ0n) is 44.7. The van der Waals surface area contributed by atoms with Crippen LogP contribution in [0.25, 0.3) is 0 Å². The zero-order chi connectivity index (χ0) is 55.1. The third-order valence-corrected chi connectivity index (χ3v) is 20.5. The zero-order valence-corrected chi connectivity index (χ0v) is 44.7. The molecule has 29 atom stereocenters. The Labute approximate surface area is 439 Å². The average molecular weight is 1080 g/mol. The van der Waals surface area contributed by atoms with Crippen LogP contribution < -0.4 is 0 Å². The van der Waals surface area contributed by atoms with E-state index in [0.29, 0.717) is 38.5 Å². The summed E-state index contributed by atoms with van der Waals surface area (Å²) in [5, 5.41) is 151. The van der Waals surface area contributed by atoms with Crippen LogP contribution in [0.3, 0.4) is 0 Å². The Morgan fingerprint density at radius 1 is 0.560 bits per heavy atom. The first-order chi connectivity index (χ1) is 35.1. The fourth-order valence-corrected chi connectivity index (χ4v) is 16.1. The number of rotatable bonds is 16. The fraction of sp³-hybridized carbons (Fsp3) is 0.962. The summed E-state index contributed by atoms with van der Waals surface area (Å²) >= 11 is 0. The van der Waals surface area contributed by atoms with Crippen molar-refractivity contribution in [3.8, 4) is 0 Å². The van der Waals surface area contributed by atoms with E-state index in [1.165, 1.54) is 0 Å². The van der Waals surface area contributed by atoms with Gasteiger partial charge in [0.15, 0.2) is 25.2 Å². The molecule has 22 nitrogen and oxygen atoms in total. The predicted molar refractivity (Wildman–Crippen MR) is 260 cm³/mol. The van der Waals surface area contributed by atoms with Gasteiger partial charge in [0.25, 0.3) is 0 Å². The van der Waals surface area contributed by atoms with Crippen LogP contribution in [-0.2, 0) is 37.9 Å². The minimum atomic E-state index is -1.81. The van der Waals surface area contributed by atoms with Crippen LogP contribution in [0.1, 0.15) is 113 Å². The lowest BCUT2D eigenvalue weighted by Crippen LogP contribution is -2.68. The van der Waals surface area contributed by atoms with Crippen molar-refractivity contribution in [1.82, 2.24) is 0 Å². The molecule has 4 heterocycles. The molecule has 434 valence electrons. The van der Waals surface area contributed by atoms with Gasteiger partial charge in [-0.3, -0.25) is 0 Å². The Balaban J connectivity index is 1.01. The third kappa shape index (κ3) is 10.5. The van der Waals surface area contributed by atoms with Crippen molar-refractivity contribution in [3.05, 3.63) is 11.6 Å². The quantitative estimate of drug-likeness (QED) is 0.0614. The molecule has 4 saturated carbocycles. The standard InChI is InChI=1S/C53H90O22/c1-23(2)10-9-14-53(8,75-47-43(67)39(63)37(61)29(72-47)22-68-45-41(65)36(60)28(21-56)69-45)24-11-16-52(7)33(24)25(57)18-31-50(5)15-13-32(49(3,4)30(50)12-17-51(31,52)6)73-48-44(40(64)35(59)27(20-55)71-48)74-46-42(66)38(62)34(58)26(19-54)70-46/h10,24-48,54-67H,9,11-22H2,1-8H3/t24-,25+,26+,27+,28-,29+,30-,31+,32-,33+,34+,35+,36-,37+,38-,39-,40-,41+,42+,43+,44+,45+,46-,47-,48-,50-,51+,52+,53-/m0/s1. The van der Waals surface area contributed by atoms with Crippen LogP contribution in [0.2, 0.25) is 0 Å². The van der Waals surface area contributed by atoms with Gasteiger partial charge in [0, 0.05) is 0 Å². The molecule has 14 N–H and O–H groups in total. The maximum atomic E-state index is 12.8. The highest BCUT2D eigenvalue weighted by Gasteiger charge is 2.72. The summed E-state index contributed by atoms with van der Waals surface area (Å²) in [4.78, 5) is 0. The molecule has 4 aliphatic carbocycles. The Kier molecular flexibility index (Phi) is 18.1. The van der Waals surface area contributed by atoms with Gasteiger partial charge in [-0.1, -0.05) is 46.3 Å². The highest BCUT2D eigenvalue weighted by molar-refractivity contribution is 5.20. The van der Waals surface area contributed by atoms with E-state index in [2.05, 4.69) is 40.7 Å². The monoisotopic (exact) mass is 1080 g/mol. The Morgan fingerprint density at radius 2 is 1.08 bits per heavy atom. The van der Waals surface area contributed by atoms with Crippen molar-refractivity contribution >= 4 is 0 Å². The normalized spacial score (nSPS) is 52.6. The Hall–Kier alpha value is -1.14. The molecule has 0 spiro atoms. The van der Waals surface area contributed by atoms with Crippen LogP contribution in [0, 0.1) is 45.3 Å². The molecule has 4 saturated heterocycles. The van der Waals surface area contributed by atoms with Crippen molar-refractivity contribution in [2.75, 3.05) is 26.4 Å². The summed E-state index contributed by atoms with van der Waals surface area (Å²) in [6.07, 6.45) is -22.1. The van der Waals surface area contributed by atoms with Gasteiger partial charge in [-0.05, 0) is 124 Å². The maximum Gasteiger partial charge on any atom is 0.187 e.